The maximum absolute atomic E-state index is 13.7. The second-order valence-electron chi connectivity index (χ2n) is 3.59. The Bertz CT molecular complexity index is 557. The van der Waals surface area contributed by atoms with Crippen molar-refractivity contribution < 1.29 is 4.39 Å². The molecular weight excluding hydrogens is 241 g/mol. The molecular formula is C12H11ClFN3. The zero-order chi connectivity index (χ0) is 12.4. The van der Waals surface area contributed by atoms with E-state index in [1.807, 2.05) is 6.92 Å². The Hall–Kier alpha value is -1.68. The monoisotopic (exact) mass is 251 g/mol. The van der Waals surface area contributed by atoms with Crippen LogP contribution in [0.1, 0.15) is 5.69 Å². The van der Waals surface area contributed by atoms with Gasteiger partial charge in [0.25, 0.3) is 0 Å². The van der Waals surface area contributed by atoms with Crippen LogP contribution >= 0.6 is 11.6 Å². The molecule has 2 rings (SSSR count). The summed E-state index contributed by atoms with van der Waals surface area (Å²) in [6.45, 7) is 1.83. The number of aromatic nitrogens is 2. The number of halogens is 2. The van der Waals surface area contributed by atoms with Gasteiger partial charge in [0, 0.05) is 23.3 Å². The molecule has 0 aliphatic rings. The van der Waals surface area contributed by atoms with E-state index in [2.05, 4.69) is 15.3 Å². The van der Waals surface area contributed by atoms with E-state index in [0.717, 1.165) is 5.69 Å². The minimum absolute atomic E-state index is 0.367. The molecule has 0 spiro atoms. The first kappa shape index (κ1) is 11.8. The number of hydrogen-bond donors (Lipinski definition) is 1. The normalized spacial score (nSPS) is 10.4. The SMILES string of the molecule is CNc1nc(C)cc(-c2ccc(Cl)cc2F)n1. The molecule has 0 saturated carbocycles. The molecule has 0 unspecified atom stereocenters. The fourth-order valence-electron chi connectivity index (χ4n) is 1.52. The average molecular weight is 252 g/mol. The first-order chi connectivity index (χ1) is 8.10. The van der Waals surface area contributed by atoms with Gasteiger partial charge < -0.3 is 5.32 Å². The van der Waals surface area contributed by atoms with E-state index in [-0.39, 0.29) is 0 Å². The Kier molecular flexibility index (Phi) is 3.24. The smallest absolute Gasteiger partial charge is 0.223 e. The molecule has 2 aromatic rings. The number of nitrogens with one attached hydrogen (secondary N) is 1. The molecule has 1 aromatic carbocycles. The summed E-state index contributed by atoms with van der Waals surface area (Å²) in [6, 6.07) is 6.25. The highest BCUT2D eigenvalue weighted by atomic mass is 35.5. The van der Waals surface area contributed by atoms with Crippen LogP contribution in [0.5, 0.6) is 0 Å². The standard InChI is InChI=1S/C12H11ClFN3/c1-7-5-11(17-12(15-2)16-7)9-4-3-8(13)6-10(9)14/h3-6H,1-2H3,(H,15,16,17). The van der Waals surface area contributed by atoms with Crippen molar-refractivity contribution in [2.75, 3.05) is 12.4 Å². The van der Waals surface area contributed by atoms with Crippen LogP contribution in [0.3, 0.4) is 0 Å². The number of hydrogen-bond acceptors (Lipinski definition) is 3. The lowest BCUT2D eigenvalue weighted by molar-refractivity contribution is 0.631. The topological polar surface area (TPSA) is 37.8 Å². The van der Waals surface area contributed by atoms with Crippen molar-refractivity contribution in [1.82, 2.24) is 9.97 Å². The van der Waals surface area contributed by atoms with Crippen molar-refractivity contribution in [3.8, 4) is 11.3 Å². The Balaban J connectivity index is 2.55. The van der Waals surface area contributed by atoms with Gasteiger partial charge in [0.05, 0.1) is 5.69 Å². The van der Waals surface area contributed by atoms with E-state index in [1.54, 1.807) is 25.2 Å². The summed E-state index contributed by atoms with van der Waals surface area (Å²) in [6.07, 6.45) is 0. The van der Waals surface area contributed by atoms with Gasteiger partial charge >= 0.3 is 0 Å². The minimum Gasteiger partial charge on any atom is -0.357 e. The highest BCUT2D eigenvalue weighted by Crippen LogP contribution is 2.24. The van der Waals surface area contributed by atoms with Crippen LogP contribution < -0.4 is 5.32 Å². The molecule has 0 amide bonds. The van der Waals surface area contributed by atoms with Crippen LogP contribution in [0.25, 0.3) is 11.3 Å². The van der Waals surface area contributed by atoms with Gasteiger partial charge in [-0.25, -0.2) is 14.4 Å². The maximum Gasteiger partial charge on any atom is 0.223 e. The number of aryl methyl sites for hydroxylation is 1. The third kappa shape index (κ3) is 2.53. The predicted molar refractivity (Wildman–Crippen MR) is 66.7 cm³/mol. The third-order valence-corrected chi connectivity index (χ3v) is 2.52. The zero-order valence-electron chi connectivity index (χ0n) is 9.46. The van der Waals surface area contributed by atoms with Gasteiger partial charge in [-0.3, -0.25) is 0 Å². The molecule has 17 heavy (non-hydrogen) atoms. The lowest BCUT2D eigenvalue weighted by Crippen LogP contribution is -2.00. The van der Waals surface area contributed by atoms with E-state index < -0.39 is 5.82 Å². The molecule has 0 fully saturated rings. The number of rotatable bonds is 2. The second kappa shape index (κ2) is 4.67. The Labute approximate surface area is 104 Å². The molecule has 1 aromatic heterocycles. The lowest BCUT2D eigenvalue weighted by atomic mass is 10.1. The summed E-state index contributed by atoms with van der Waals surface area (Å²) < 4.78 is 13.7. The molecule has 1 N–H and O–H groups in total. The number of anilines is 1. The van der Waals surface area contributed by atoms with Crippen molar-refractivity contribution >= 4 is 17.5 Å². The summed E-state index contributed by atoms with van der Waals surface area (Å²) in [5, 5.41) is 3.20. The van der Waals surface area contributed by atoms with E-state index >= 15 is 0 Å². The van der Waals surface area contributed by atoms with Crippen LogP contribution in [-0.4, -0.2) is 17.0 Å². The van der Waals surface area contributed by atoms with Gasteiger partial charge in [0.1, 0.15) is 5.82 Å². The quantitative estimate of drug-likeness (QED) is 0.890. The van der Waals surface area contributed by atoms with Crippen molar-refractivity contribution in [2.24, 2.45) is 0 Å². The third-order valence-electron chi connectivity index (χ3n) is 2.28. The molecule has 0 bridgehead atoms. The van der Waals surface area contributed by atoms with Crippen LogP contribution in [0.2, 0.25) is 5.02 Å². The van der Waals surface area contributed by atoms with Crippen LogP contribution in [0.15, 0.2) is 24.3 Å². The van der Waals surface area contributed by atoms with Gasteiger partial charge in [-0.2, -0.15) is 0 Å². The van der Waals surface area contributed by atoms with E-state index in [9.17, 15) is 4.39 Å². The lowest BCUT2D eigenvalue weighted by Gasteiger charge is -2.06. The van der Waals surface area contributed by atoms with Gasteiger partial charge in [-0.05, 0) is 31.2 Å². The molecule has 1 heterocycles. The molecule has 0 radical (unpaired) electrons. The first-order valence-electron chi connectivity index (χ1n) is 5.09. The molecule has 0 aliphatic carbocycles. The van der Waals surface area contributed by atoms with E-state index in [0.29, 0.717) is 22.2 Å². The summed E-state index contributed by atoms with van der Waals surface area (Å²) in [7, 11) is 1.72. The zero-order valence-corrected chi connectivity index (χ0v) is 10.2. The molecule has 3 nitrogen and oxygen atoms in total. The second-order valence-corrected chi connectivity index (χ2v) is 4.03. The average Bonchev–Trinajstić information content (AvgIpc) is 2.28. The minimum atomic E-state index is -0.391. The Morgan fingerprint density at radius 2 is 2.00 bits per heavy atom. The fraction of sp³-hybridized carbons (Fsp3) is 0.167. The highest BCUT2D eigenvalue weighted by molar-refractivity contribution is 6.30. The molecule has 0 aliphatic heterocycles. The number of nitrogens with zero attached hydrogens (tertiary/aromatic N) is 2. The summed E-state index contributed by atoms with van der Waals surface area (Å²) in [4.78, 5) is 8.36. The van der Waals surface area contributed by atoms with Crippen molar-refractivity contribution in [2.45, 2.75) is 6.92 Å². The molecule has 5 heteroatoms. The van der Waals surface area contributed by atoms with Crippen molar-refractivity contribution in [3.05, 3.63) is 40.8 Å². The van der Waals surface area contributed by atoms with Crippen molar-refractivity contribution in [3.63, 3.8) is 0 Å². The summed E-state index contributed by atoms with van der Waals surface area (Å²) in [5.74, 6) is 0.0759. The Morgan fingerprint density at radius 3 is 2.65 bits per heavy atom. The van der Waals surface area contributed by atoms with Crippen LogP contribution in [0.4, 0.5) is 10.3 Å². The van der Waals surface area contributed by atoms with Crippen LogP contribution in [-0.2, 0) is 0 Å². The van der Waals surface area contributed by atoms with Gasteiger partial charge in [-0.15, -0.1) is 0 Å². The highest BCUT2D eigenvalue weighted by Gasteiger charge is 2.09. The summed E-state index contributed by atoms with van der Waals surface area (Å²) >= 11 is 5.71. The largest absolute Gasteiger partial charge is 0.357 e. The van der Waals surface area contributed by atoms with Gasteiger partial charge in [0.2, 0.25) is 5.95 Å². The van der Waals surface area contributed by atoms with E-state index in [4.69, 9.17) is 11.6 Å². The first-order valence-corrected chi connectivity index (χ1v) is 5.47. The van der Waals surface area contributed by atoms with Gasteiger partial charge in [0.15, 0.2) is 0 Å². The van der Waals surface area contributed by atoms with Gasteiger partial charge in [-0.1, -0.05) is 11.6 Å². The Morgan fingerprint density at radius 1 is 1.24 bits per heavy atom. The van der Waals surface area contributed by atoms with Crippen molar-refractivity contribution in [1.29, 1.82) is 0 Å². The molecule has 0 atom stereocenters. The maximum atomic E-state index is 13.7. The van der Waals surface area contributed by atoms with E-state index in [1.165, 1.54) is 6.07 Å². The van der Waals surface area contributed by atoms with Crippen LogP contribution in [0, 0.1) is 12.7 Å². The summed E-state index contributed by atoms with van der Waals surface area (Å²) in [5.41, 5.74) is 1.72. The molecule has 0 saturated heterocycles. The fourth-order valence-corrected chi connectivity index (χ4v) is 1.67. The molecule has 88 valence electrons. The predicted octanol–water partition coefficient (Wildman–Crippen LogP) is 3.29. The number of benzene rings is 1.